The van der Waals surface area contributed by atoms with Crippen LogP contribution in [0.25, 0.3) is 0 Å². The van der Waals surface area contributed by atoms with Crippen LogP contribution in [0.15, 0.2) is 80.4 Å². The van der Waals surface area contributed by atoms with Crippen LogP contribution in [0.4, 0.5) is 0 Å². The molecule has 3 rings (SSSR count). The summed E-state index contributed by atoms with van der Waals surface area (Å²) < 4.78 is 22.9. The number of esters is 1. The van der Waals surface area contributed by atoms with E-state index in [1.165, 1.54) is 23.5 Å². The van der Waals surface area contributed by atoms with Crippen molar-refractivity contribution in [2.75, 3.05) is 20.3 Å². The first-order valence-electron chi connectivity index (χ1n) is 11.7. The molecule has 6 nitrogen and oxygen atoms in total. The molecule has 0 N–H and O–H groups in total. The first-order chi connectivity index (χ1) is 16.9. The Hall–Kier alpha value is -2.68. The minimum Gasteiger partial charge on any atom is -0.485 e. The lowest BCUT2D eigenvalue weighted by Gasteiger charge is -2.44. The van der Waals surface area contributed by atoms with Crippen molar-refractivity contribution < 1.29 is 23.1 Å². The van der Waals surface area contributed by atoms with Gasteiger partial charge in [-0.25, -0.2) is 9.59 Å². The highest BCUT2D eigenvalue weighted by atomic mass is 79.9. The maximum absolute atomic E-state index is 12.5. The molecule has 0 atom stereocenters. The van der Waals surface area contributed by atoms with Crippen molar-refractivity contribution in [1.82, 2.24) is 0 Å². The van der Waals surface area contributed by atoms with Gasteiger partial charge in [0.05, 0.1) is 18.2 Å². The van der Waals surface area contributed by atoms with Gasteiger partial charge in [-0.3, -0.25) is 0 Å². The minimum absolute atomic E-state index is 0.00109. The van der Waals surface area contributed by atoms with Gasteiger partial charge in [0.1, 0.15) is 0 Å². The lowest BCUT2D eigenvalue weighted by Crippen LogP contribution is -2.67. The highest BCUT2D eigenvalue weighted by Crippen LogP contribution is 2.38. The van der Waals surface area contributed by atoms with Crippen molar-refractivity contribution in [1.29, 1.82) is 0 Å². The molecule has 1 aromatic heterocycles. The van der Waals surface area contributed by atoms with Crippen molar-refractivity contribution in [2.24, 2.45) is 5.41 Å². The van der Waals surface area contributed by atoms with E-state index in [1.807, 2.05) is 26.0 Å². The van der Waals surface area contributed by atoms with Crippen LogP contribution in [0.2, 0.25) is 5.04 Å². The van der Waals surface area contributed by atoms with Gasteiger partial charge in [-0.1, -0.05) is 95.3 Å². The van der Waals surface area contributed by atoms with Crippen molar-refractivity contribution in [3.8, 4) is 5.75 Å². The zero-order chi connectivity index (χ0) is 26.6. The normalized spacial score (nSPS) is 12.3. The van der Waals surface area contributed by atoms with Gasteiger partial charge in [0, 0.05) is 18.1 Å². The second-order valence-electron chi connectivity index (χ2n) is 10.5. The lowest BCUT2D eigenvalue weighted by atomic mass is 9.97. The average molecular weight is 574 g/mol. The van der Waals surface area contributed by atoms with Gasteiger partial charge in [0.15, 0.2) is 0 Å². The number of methoxy groups -OCH3 is 1. The second-order valence-corrected chi connectivity index (χ2v) is 15.6. The molecule has 0 unspecified atom stereocenters. The standard InChI is InChI=1S/C28H33BrO6Si/c1-27(2,3)36(20-13-9-7-10-14-20,21-15-11-8-12-16-21)34-19-28(4,5)18-33-24-22(29)17-23(25(30)32-6)35-26(24)31/h7-17H,18-19H2,1-6H3. The van der Waals surface area contributed by atoms with E-state index in [0.717, 1.165) is 0 Å². The lowest BCUT2D eigenvalue weighted by molar-refractivity contribution is 0.0556. The van der Waals surface area contributed by atoms with E-state index >= 15 is 0 Å². The van der Waals surface area contributed by atoms with E-state index in [-0.39, 0.29) is 23.2 Å². The number of hydrogen-bond donors (Lipinski definition) is 0. The predicted octanol–water partition coefficient (Wildman–Crippen LogP) is 5.17. The number of ether oxygens (including phenoxy) is 2. The zero-order valence-electron chi connectivity index (χ0n) is 21.6. The van der Waals surface area contributed by atoms with E-state index in [9.17, 15) is 9.59 Å². The summed E-state index contributed by atoms with van der Waals surface area (Å²) in [6, 6.07) is 22.2. The number of hydrogen-bond acceptors (Lipinski definition) is 6. The first-order valence-corrected chi connectivity index (χ1v) is 14.4. The van der Waals surface area contributed by atoms with Crippen LogP contribution < -0.4 is 20.7 Å². The van der Waals surface area contributed by atoms with Crippen LogP contribution in [-0.2, 0) is 9.16 Å². The van der Waals surface area contributed by atoms with Gasteiger partial charge >= 0.3 is 11.6 Å². The van der Waals surface area contributed by atoms with Crippen LogP contribution in [0, 0.1) is 5.41 Å². The van der Waals surface area contributed by atoms with Gasteiger partial charge in [-0.2, -0.15) is 0 Å². The third kappa shape index (κ3) is 5.99. The fourth-order valence-electron chi connectivity index (χ4n) is 4.16. The molecule has 0 saturated carbocycles. The van der Waals surface area contributed by atoms with E-state index < -0.39 is 25.3 Å². The smallest absolute Gasteiger partial charge is 0.380 e. The summed E-state index contributed by atoms with van der Waals surface area (Å²) in [5.41, 5.74) is -1.20. The molecule has 0 fully saturated rings. The summed E-state index contributed by atoms with van der Waals surface area (Å²) in [5, 5.41) is 2.24. The second kappa shape index (κ2) is 11.1. The van der Waals surface area contributed by atoms with E-state index in [0.29, 0.717) is 11.1 Å². The highest BCUT2D eigenvalue weighted by Gasteiger charge is 2.50. The zero-order valence-corrected chi connectivity index (χ0v) is 24.2. The Morgan fingerprint density at radius 3 is 1.89 bits per heavy atom. The van der Waals surface area contributed by atoms with Crippen LogP contribution in [0.1, 0.15) is 45.2 Å². The number of carbonyl (C=O) groups excluding carboxylic acids is 1. The molecule has 1 heterocycles. The Kier molecular flexibility index (Phi) is 8.64. The number of benzene rings is 2. The predicted molar refractivity (Wildman–Crippen MR) is 147 cm³/mol. The molecule has 0 bridgehead atoms. The Morgan fingerprint density at radius 2 is 1.44 bits per heavy atom. The molecule has 0 amide bonds. The Balaban J connectivity index is 1.89. The Labute approximate surface area is 221 Å². The highest BCUT2D eigenvalue weighted by molar-refractivity contribution is 9.10. The molecule has 0 aliphatic rings. The molecule has 8 heteroatoms. The average Bonchev–Trinajstić information content (AvgIpc) is 2.83. The van der Waals surface area contributed by atoms with Crippen molar-refractivity contribution in [3.05, 3.63) is 87.4 Å². The van der Waals surface area contributed by atoms with Crippen molar-refractivity contribution in [2.45, 2.75) is 39.7 Å². The summed E-state index contributed by atoms with van der Waals surface area (Å²) in [5.74, 6) is -0.935. The third-order valence-corrected chi connectivity index (χ3v) is 11.5. The van der Waals surface area contributed by atoms with E-state index in [2.05, 4.69) is 90.0 Å². The van der Waals surface area contributed by atoms with E-state index in [4.69, 9.17) is 13.6 Å². The SMILES string of the molecule is COC(=O)c1cc(Br)c(OCC(C)(C)CO[Si](c2ccccc2)(c2ccccc2)C(C)(C)C)c(=O)o1. The molecular formula is C28H33BrO6Si. The first kappa shape index (κ1) is 27.9. The van der Waals surface area contributed by atoms with Crippen molar-refractivity contribution in [3.63, 3.8) is 0 Å². The van der Waals surface area contributed by atoms with Crippen LogP contribution in [0.3, 0.4) is 0 Å². The van der Waals surface area contributed by atoms with Gasteiger partial charge in [-0.15, -0.1) is 0 Å². The monoisotopic (exact) mass is 572 g/mol. The fraction of sp³-hybridized carbons (Fsp3) is 0.357. The molecule has 2 aromatic carbocycles. The molecule has 0 radical (unpaired) electrons. The van der Waals surface area contributed by atoms with E-state index in [1.54, 1.807) is 0 Å². The van der Waals surface area contributed by atoms with Crippen molar-refractivity contribution >= 4 is 40.6 Å². The molecule has 36 heavy (non-hydrogen) atoms. The van der Waals surface area contributed by atoms with Crippen LogP contribution in [-0.4, -0.2) is 34.6 Å². The topological polar surface area (TPSA) is 75.0 Å². The van der Waals surface area contributed by atoms with Gasteiger partial charge in [0.25, 0.3) is 8.32 Å². The molecule has 192 valence electrons. The maximum atomic E-state index is 12.5. The summed E-state index contributed by atoms with van der Waals surface area (Å²) in [4.78, 5) is 24.2. The summed E-state index contributed by atoms with van der Waals surface area (Å²) >= 11 is 3.30. The Morgan fingerprint density at radius 1 is 0.917 bits per heavy atom. The quantitative estimate of drug-likeness (QED) is 0.260. The molecule has 0 aliphatic heterocycles. The molecule has 3 aromatic rings. The Bertz CT molecular complexity index is 1190. The molecular weight excluding hydrogens is 540 g/mol. The summed E-state index contributed by atoms with van der Waals surface area (Å²) in [6.45, 7) is 11.4. The third-order valence-electron chi connectivity index (χ3n) is 5.95. The van der Waals surface area contributed by atoms with Crippen LogP contribution >= 0.6 is 15.9 Å². The number of carbonyl (C=O) groups is 1. The summed E-state index contributed by atoms with van der Waals surface area (Å²) in [7, 11) is -1.49. The number of rotatable bonds is 9. The number of halogens is 1. The minimum atomic E-state index is -2.71. The largest absolute Gasteiger partial charge is 0.485 e. The molecule has 0 aliphatic carbocycles. The fourth-order valence-corrected chi connectivity index (χ4v) is 9.40. The molecule has 0 saturated heterocycles. The summed E-state index contributed by atoms with van der Waals surface area (Å²) in [6.07, 6.45) is 0. The van der Waals surface area contributed by atoms with Gasteiger partial charge in [0.2, 0.25) is 11.5 Å². The molecule has 0 spiro atoms. The maximum Gasteiger partial charge on any atom is 0.380 e. The van der Waals surface area contributed by atoms with Crippen LogP contribution in [0.5, 0.6) is 5.75 Å². The van der Waals surface area contributed by atoms with Gasteiger partial charge in [-0.05, 0) is 31.3 Å². The van der Waals surface area contributed by atoms with Gasteiger partial charge < -0.3 is 18.3 Å².